The summed E-state index contributed by atoms with van der Waals surface area (Å²) in [6.45, 7) is 6.76. The summed E-state index contributed by atoms with van der Waals surface area (Å²) in [4.78, 5) is 18.9. The number of halogens is 2. The Labute approximate surface area is 185 Å². The van der Waals surface area contributed by atoms with Crippen LogP contribution in [0.3, 0.4) is 0 Å². The van der Waals surface area contributed by atoms with Crippen molar-refractivity contribution in [1.29, 1.82) is 0 Å². The normalized spacial score (nSPS) is 15.2. The fraction of sp³-hybridized carbons (Fsp3) is 0.455. The Hall–Kier alpha value is -1.99. The van der Waals surface area contributed by atoms with E-state index in [1.807, 2.05) is 39.0 Å². The summed E-state index contributed by atoms with van der Waals surface area (Å²) < 4.78 is 25.4. The number of rotatable bonds is 5. The van der Waals surface area contributed by atoms with Crippen LogP contribution >= 0.6 is 23.4 Å². The zero-order valence-corrected chi connectivity index (χ0v) is 18.9. The molecule has 1 aromatic heterocycles. The zero-order valence-electron chi connectivity index (χ0n) is 17.4. The minimum atomic E-state index is -0.498. The maximum Gasteiger partial charge on any atom is 0.410 e. The van der Waals surface area contributed by atoms with Gasteiger partial charge in [0.15, 0.2) is 0 Å². The molecule has 1 aromatic carbocycles. The van der Waals surface area contributed by atoms with Crippen LogP contribution < -0.4 is 4.74 Å². The van der Waals surface area contributed by atoms with Crippen molar-refractivity contribution < 1.29 is 18.7 Å². The van der Waals surface area contributed by atoms with Gasteiger partial charge in [-0.25, -0.2) is 14.2 Å². The number of hydrogen-bond donors (Lipinski definition) is 0. The van der Waals surface area contributed by atoms with Crippen molar-refractivity contribution in [1.82, 2.24) is 9.88 Å². The molecule has 1 fully saturated rings. The van der Waals surface area contributed by atoms with E-state index in [4.69, 9.17) is 21.1 Å². The average Bonchev–Trinajstić information content (AvgIpc) is 2.67. The topological polar surface area (TPSA) is 51.7 Å². The van der Waals surface area contributed by atoms with Crippen LogP contribution in [-0.2, 0) is 10.5 Å². The molecule has 1 saturated heterocycles. The highest BCUT2D eigenvalue weighted by atomic mass is 35.5. The van der Waals surface area contributed by atoms with Crippen LogP contribution in [0.4, 0.5) is 9.18 Å². The molecule has 30 heavy (non-hydrogen) atoms. The number of ether oxygens (including phenoxy) is 2. The van der Waals surface area contributed by atoms with Crippen molar-refractivity contribution in [2.24, 2.45) is 0 Å². The molecule has 3 rings (SSSR count). The third-order valence-corrected chi connectivity index (χ3v) is 5.75. The van der Waals surface area contributed by atoms with E-state index in [1.54, 1.807) is 17.0 Å². The lowest BCUT2D eigenvalue weighted by Gasteiger charge is -2.33. The summed E-state index contributed by atoms with van der Waals surface area (Å²) in [5.74, 6) is 0.726. The highest BCUT2D eigenvalue weighted by Crippen LogP contribution is 2.28. The largest absolute Gasteiger partial charge is 0.474 e. The summed E-state index contributed by atoms with van der Waals surface area (Å²) in [6, 6.07) is 10.2. The van der Waals surface area contributed by atoms with Crippen LogP contribution in [0.15, 0.2) is 41.3 Å². The molecule has 0 bridgehead atoms. The van der Waals surface area contributed by atoms with Crippen molar-refractivity contribution in [3.05, 3.63) is 52.9 Å². The van der Waals surface area contributed by atoms with E-state index < -0.39 is 5.60 Å². The molecule has 0 unspecified atom stereocenters. The van der Waals surface area contributed by atoms with E-state index in [9.17, 15) is 9.18 Å². The number of likely N-dealkylation sites (tertiary alicyclic amines) is 1. The SMILES string of the molecule is CC(C)(C)OC(=O)N1CCC(Oc2cccc(CSc3ccc(Cl)cc3F)n2)CC1. The van der Waals surface area contributed by atoms with Crippen molar-refractivity contribution in [2.45, 2.75) is 56.0 Å². The number of carbonyl (C=O) groups excluding carboxylic acids is 1. The Morgan fingerprint density at radius 3 is 2.67 bits per heavy atom. The van der Waals surface area contributed by atoms with Crippen LogP contribution in [0.5, 0.6) is 5.88 Å². The van der Waals surface area contributed by atoms with Gasteiger partial charge in [0, 0.05) is 47.7 Å². The van der Waals surface area contributed by atoms with Crippen LogP contribution in [0, 0.1) is 5.82 Å². The maximum absolute atomic E-state index is 13.9. The number of benzene rings is 1. The Kier molecular flexibility index (Phi) is 7.47. The number of piperidine rings is 1. The molecule has 0 aliphatic carbocycles. The monoisotopic (exact) mass is 452 g/mol. The van der Waals surface area contributed by atoms with E-state index in [0.717, 1.165) is 18.5 Å². The van der Waals surface area contributed by atoms with Gasteiger partial charge in [-0.1, -0.05) is 17.7 Å². The number of nitrogens with zero attached hydrogens (tertiary/aromatic N) is 2. The van der Waals surface area contributed by atoms with E-state index in [0.29, 0.717) is 34.6 Å². The lowest BCUT2D eigenvalue weighted by atomic mass is 10.1. The van der Waals surface area contributed by atoms with Gasteiger partial charge in [-0.05, 0) is 45.0 Å². The van der Waals surface area contributed by atoms with Gasteiger partial charge in [-0.3, -0.25) is 0 Å². The standard InChI is InChI=1S/C22H26ClFN2O3S/c1-22(2,3)29-21(27)26-11-9-17(10-12-26)28-20-6-4-5-16(25-20)14-30-19-8-7-15(23)13-18(19)24/h4-8,13,17H,9-12,14H2,1-3H3. The van der Waals surface area contributed by atoms with Crippen molar-refractivity contribution in [3.63, 3.8) is 0 Å². The van der Waals surface area contributed by atoms with Gasteiger partial charge in [-0.2, -0.15) is 0 Å². The molecule has 0 saturated carbocycles. The predicted molar refractivity (Wildman–Crippen MR) is 117 cm³/mol. The number of carbonyl (C=O) groups is 1. The van der Waals surface area contributed by atoms with Gasteiger partial charge in [0.2, 0.25) is 5.88 Å². The second-order valence-corrected chi connectivity index (χ2v) is 9.57. The number of amides is 1. The summed E-state index contributed by atoms with van der Waals surface area (Å²) in [7, 11) is 0. The van der Waals surface area contributed by atoms with Crippen molar-refractivity contribution >= 4 is 29.5 Å². The highest BCUT2D eigenvalue weighted by Gasteiger charge is 2.27. The number of hydrogen-bond acceptors (Lipinski definition) is 5. The lowest BCUT2D eigenvalue weighted by Crippen LogP contribution is -2.44. The Morgan fingerprint density at radius 1 is 1.27 bits per heavy atom. The van der Waals surface area contributed by atoms with E-state index in [1.165, 1.54) is 17.8 Å². The van der Waals surface area contributed by atoms with Gasteiger partial charge >= 0.3 is 6.09 Å². The smallest absolute Gasteiger partial charge is 0.410 e. The Bertz CT molecular complexity index is 883. The molecule has 0 atom stereocenters. The summed E-state index contributed by atoms with van der Waals surface area (Å²) >= 11 is 7.16. The predicted octanol–water partition coefficient (Wildman–Crippen LogP) is 5.94. The van der Waals surface area contributed by atoms with E-state index >= 15 is 0 Å². The molecule has 5 nitrogen and oxygen atoms in total. The minimum absolute atomic E-state index is 0.00667. The van der Waals surface area contributed by atoms with Crippen molar-refractivity contribution in [2.75, 3.05) is 13.1 Å². The Morgan fingerprint density at radius 2 is 2.00 bits per heavy atom. The molecular formula is C22H26ClFN2O3S. The molecule has 1 aliphatic rings. The summed E-state index contributed by atoms with van der Waals surface area (Å²) in [5.41, 5.74) is 0.305. The van der Waals surface area contributed by atoms with Gasteiger partial charge in [0.25, 0.3) is 0 Å². The summed E-state index contributed by atoms with van der Waals surface area (Å²) in [5, 5.41) is 0.378. The second kappa shape index (κ2) is 9.88. The Balaban J connectivity index is 1.50. The fourth-order valence-corrected chi connectivity index (χ4v) is 3.99. The molecule has 0 N–H and O–H groups in total. The van der Waals surface area contributed by atoms with E-state index in [-0.39, 0.29) is 18.0 Å². The van der Waals surface area contributed by atoms with Gasteiger partial charge in [0.1, 0.15) is 17.5 Å². The molecule has 0 spiro atoms. The van der Waals surface area contributed by atoms with Gasteiger partial charge in [0.05, 0.1) is 5.69 Å². The molecule has 2 aromatic rings. The number of thioether (sulfide) groups is 1. The zero-order chi connectivity index (χ0) is 21.7. The first kappa shape index (κ1) is 22.7. The third-order valence-electron chi connectivity index (χ3n) is 4.43. The number of pyridine rings is 1. The highest BCUT2D eigenvalue weighted by molar-refractivity contribution is 7.98. The lowest BCUT2D eigenvalue weighted by molar-refractivity contribution is 0.0123. The molecule has 1 amide bonds. The van der Waals surface area contributed by atoms with Crippen LogP contribution in [0.1, 0.15) is 39.3 Å². The van der Waals surface area contributed by atoms with Crippen molar-refractivity contribution in [3.8, 4) is 5.88 Å². The number of aromatic nitrogens is 1. The minimum Gasteiger partial charge on any atom is -0.474 e. The third kappa shape index (κ3) is 6.77. The molecule has 0 radical (unpaired) electrons. The first-order valence-electron chi connectivity index (χ1n) is 9.88. The maximum atomic E-state index is 13.9. The molecule has 2 heterocycles. The van der Waals surface area contributed by atoms with Gasteiger partial charge < -0.3 is 14.4 Å². The first-order valence-corrected chi connectivity index (χ1v) is 11.2. The molecule has 1 aliphatic heterocycles. The van der Waals surface area contributed by atoms with E-state index in [2.05, 4.69) is 4.98 Å². The molecule has 8 heteroatoms. The average molecular weight is 453 g/mol. The van der Waals surface area contributed by atoms with Crippen LogP contribution in [-0.4, -0.2) is 40.8 Å². The second-order valence-electron chi connectivity index (χ2n) is 8.12. The quantitative estimate of drug-likeness (QED) is 0.525. The van der Waals surface area contributed by atoms with Gasteiger partial charge in [-0.15, -0.1) is 11.8 Å². The van der Waals surface area contributed by atoms with Crippen LogP contribution in [0.2, 0.25) is 5.02 Å². The van der Waals surface area contributed by atoms with Crippen LogP contribution in [0.25, 0.3) is 0 Å². The fourth-order valence-electron chi connectivity index (χ4n) is 3.00. The molecular weight excluding hydrogens is 427 g/mol. The first-order chi connectivity index (χ1) is 14.2. The summed E-state index contributed by atoms with van der Waals surface area (Å²) in [6.07, 6.45) is 1.14. The molecule has 162 valence electrons.